The Labute approximate surface area is 151 Å². The summed E-state index contributed by atoms with van der Waals surface area (Å²) < 4.78 is 16.0. The number of rotatable bonds is 4. The average Bonchev–Trinajstić information content (AvgIpc) is 3.08. The summed E-state index contributed by atoms with van der Waals surface area (Å²) >= 11 is 0. The Hall–Kier alpha value is -2.47. The van der Waals surface area contributed by atoms with Crippen LogP contribution in [-0.2, 0) is 5.41 Å². The van der Waals surface area contributed by atoms with E-state index in [2.05, 4.69) is 45.3 Å². The first kappa shape index (κ1) is 15.8. The molecule has 4 heterocycles. The molecule has 1 aliphatic carbocycles. The van der Waals surface area contributed by atoms with Crippen LogP contribution in [0.4, 0.5) is 10.2 Å². The van der Waals surface area contributed by atoms with Crippen LogP contribution in [-0.4, -0.2) is 39.7 Å². The molecule has 0 radical (unpaired) electrons. The molecule has 3 aromatic rings. The highest BCUT2D eigenvalue weighted by molar-refractivity contribution is 5.62. The second-order valence-corrected chi connectivity index (χ2v) is 7.68. The highest BCUT2D eigenvalue weighted by atomic mass is 19.1. The van der Waals surface area contributed by atoms with Gasteiger partial charge in [-0.15, -0.1) is 0 Å². The zero-order chi connectivity index (χ0) is 17.7. The van der Waals surface area contributed by atoms with Gasteiger partial charge >= 0.3 is 0 Å². The number of anilines is 1. The van der Waals surface area contributed by atoms with Crippen LogP contribution >= 0.6 is 0 Å². The first-order valence-corrected chi connectivity index (χ1v) is 9.19. The zero-order valence-electron chi connectivity index (χ0n) is 14.7. The number of pyridine rings is 2. The minimum Gasteiger partial charge on any atom is -0.363 e. The van der Waals surface area contributed by atoms with Gasteiger partial charge in [-0.05, 0) is 42.0 Å². The predicted octanol–water partition coefficient (Wildman–Crippen LogP) is 3.17. The van der Waals surface area contributed by atoms with Gasteiger partial charge in [-0.2, -0.15) is 0 Å². The van der Waals surface area contributed by atoms with E-state index in [9.17, 15) is 4.39 Å². The Morgan fingerprint density at radius 3 is 2.88 bits per heavy atom. The number of hydrogen-bond acceptors (Lipinski definition) is 4. The van der Waals surface area contributed by atoms with E-state index in [0.29, 0.717) is 24.3 Å². The van der Waals surface area contributed by atoms with Crippen molar-refractivity contribution in [3.8, 4) is 11.4 Å². The quantitative estimate of drug-likeness (QED) is 0.758. The Morgan fingerprint density at radius 1 is 1.23 bits per heavy atom. The summed E-state index contributed by atoms with van der Waals surface area (Å²) in [5.74, 6) is 0.694. The molecular formula is C20H22FN5. The SMILES string of the molecule is CC1(c2ccc3ncc(-c4cccc(N[C@H]5CNC[C@@H]5F)n4)n3c2)CC1. The van der Waals surface area contributed by atoms with Gasteiger partial charge in [0.15, 0.2) is 0 Å². The maximum Gasteiger partial charge on any atom is 0.137 e. The van der Waals surface area contributed by atoms with Crippen molar-refractivity contribution in [3.05, 3.63) is 48.3 Å². The lowest BCUT2D eigenvalue weighted by Crippen LogP contribution is -2.29. The largest absolute Gasteiger partial charge is 0.363 e. The lowest BCUT2D eigenvalue weighted by Gasteiger charge is -2.15. The molecule has 3 aromatic heterocycles. The fraction of sp³-hybridized carbons (Fsp3) is 0.400. The number of imidazole rings is 1. The summed E-state index contributed by atoms with van der Waals surface area (Å²) in [7, 11) is 0. The summed E-state index contributed by atoms with van der Waals surface area (Å²) in [6, 6.07) is 9.82. The number of nitrogens with zero attached hydrogens (tertiary/aromatic N) is 3. The molecule has 2 N–H and O–H groups in total. The molecule has 2 fully saturated rings. The molecule has 26 heavy (non-hydrogen) atoms. The van der Waals surface area contributed by atoms with Crippen molar-refractivity contribution in [2.24, 2.45) is 0 Å². The summed E-state index contributed by atoms with van der Waals surface area (Å²) in [5.41, 5.74) is 4.35. The van der Waals surface area contributed by atoms with E-state index < -0.39 is 6.17 Å². The van der Waals surface area contributed by atoms with Crippen LogP contribution in [0.15, 0.2) is 42.7 Å². The van der Waals surface area contributed by atoms with Crippen LogP contribution < -0.4 is 10.6 Å². The van der Waals surface area contributed by atoms with Crippen molar-refractivity contribution in [1.82, 2.24) is 19.7 Å². The molecule has 0 spiro atoms. The standard InChI is InChI=1S/C20H22FN5/c1-20(7-8-20)13-5-6-19-23-11-17(26(19)12-13)15-3-2-4-18(24-15)25-16-10-22-9-14(16)21/h2-6,11-12,14,16,22H,7-10H2,1H3,(H,24,25)/t14-,16-/m0/s1. The smallest absolute Gasteiger partial charge is 0.137 e. The molecule has 2 atom stereocenters. The molecular weight excluding hydrogens is 329 g/mol. The summed E-state index contributed by atoms with van der Waals surface area (Å²) in [4.78, 5) is 9.22. The molecule has 0 amide bonds. The van der Waals surface area contributed by atoms with E-state index in [1.165, 1.54) is 18.4 Å². The third kappa shape index (κ3) is 2.65. The monoisotopic (exact) mass is 351 g/mol. The van der Waals surface area contributed by atoms with Crippen LogP contribution in [0.25, 0.3) is 17.0 Å². The molecule has 0 aromatic carbocycles. The van der Waals surface area contributed by atoms with E-state index in [-0.39, 0.29) is 6.04 Å². The summed E-state index contributed by atoms with van der Waals surface area (Å²) in [6.45, 7) is 3.31. The molecule has 0 bridgehead atoms. The normalized spacial score (nSPS) is 24.1. The Balaban J connectivity index is 1.50. The van der Waals surface area contributed by atoms with Gasteiger partial charge in [0.25, 0.3) is 0 Å². The van der Waals surface area contributed by atoms with Crippen LogP contribution in [0.1, 0.15) is 25.3 Å². The Morgan fingerprint density at radius 2 is 2.12 bits per heavy atom. The maximum atomic E-state index is 13.9. The first-order valence-electron chi connectivity index (χ1n) is 9.19. The zero-order valence-corrected chi connectivity index (χ0v) is 14.7. The maximum absolute atomic E-state index is 13.9. The topological polar surface area (TPSA) is 54.2 Å². The molecule has 134 valence electrons. The van der Waals surface area contributed by atoms with Crippen molar-refractivity contribution in [3.63, 3.8) is 0 Å². The van der Waals surface area contributed by atoms with E-state index in [4.69, 9.17) is 4.98 Å². The predicted molar refractivity (Wildman–Crippen MR) is 100 cm³/mol. The fourth-order valence-electron chi connectivity index (χ4n) is 3.64. The van der Waals surface area contributed by atoms with E-state index in [1.54, 1.807) is 0 Å². The van der Waals surface area contributed by atoms with Crippen LogP contribution in [0.2, 0.25) is 0 Å². The van der Waals surface area contributed by atoms with Gasteiger partial charge in [0.2, 0.25) is 0 Å². The van der Waals surface area contributed by atoms with Gasteiger partial charge in [0, 0.05) is 19.3 Å². The number of fused-ring (bicyclic) bond motifs is 1. The van der Waals surface area contributed by atoms with Gasteiger partial charge in [-0.1, -0.05) is 19.1 Å². The highest BCUT2D eigenvalue weighted by Crippen LogP contribution is 2.47. The molecule has 1 aliphatic heterocycles. The second kappa shape index (κ2) is 5.77. The van der Waals surface area contributed by atoms with Gasteiger partial charge < -0.3 is 10.6 Å². The Bertz CT molecular complexity index is 962. The molecule has 5 nitrogen and oxygen atoms in total. The summed E-state index contributed by atoms with van der Waals surface area (Å²) in [5, 5.41) is 6.26. The van der Waals surface area contributed by atoms with Crippen molar-refractivity contribution in [1.29, 1.82) is 0 Å². The average molecular weight is 351 g/mol. The molecule has 1 saturated carbocycles. The van der Waals surface area contributed by atoms with Crippen LogP contribution in [0.5, 0.6) is 0 Å². The van der Waals surface area contributed by atoms with Crippen molar-refractivity contribution >= 4 is 11.5 Å². The van der Waals surface area contributed by atoms with E-state index in [0.717, 1.165) is 17.0 Å². The van der Waals surface area contributed by atoms with Crippen LogP contribution in [0, 0.1) is 0 Å². The number of hydrogen-bond donors (Lipinski definition) is 2. The van der Waals surface area contributed by atoms with Gasteiger partial charge in [0.05, 0.1) is 23.6 Å². The molecule has 5 rings (SSSR count). The minimum atomic E-state index is -0.891. The van der Waals surface area contributed by atoms with E-state index in [1.807, 2.05) is 24.4 Å². The second-order valence-electron chi connectivity index (χ2n) is 7.68. The van der Waals surface area contributed by atoms with Crippen molar-refractivity contribution in [2.45, 2.75) is 37.4 Å². The van der Waals surface area contributed by atoms with Crippen molar-refractivity contribution < 1.29 is 4.39 Å². The highest BCUT2D eigenvalue weighted by Gasteiger charge is 2.39. The molecule has 1 saturated heterocycles. The fourth-order valence-corrected chi connectivity index (χ4v) is 3.64. The first-order chi connectivity index (χ1) is 12.6. The van der Waals surface area contributed by atoms with E-state index >= 15 is 0 Å². The minimum absolute atomic E-state index is 0.235. The van der Waals surface area contributed by atoms with Gasteiger partial charge in [-0.3, -0.25) is 4.40 Å². The number of halogens is 1. The molecule has 6 heteroatoms. The van der Waals surface area contributed by atoms with Gasteiger partial charge in [-0.25, -0.2) is 14.4 Å². The van der Waals surface area contributed by atoms with Crippen LogP contribution in [0.3, 0.4) is 0 Å². The molecule has 2 aliphatic rings. The lowest BCUT2D eigenvalue weighted by molar-refractivity contribution is 0.342. The van der Waals surface area contributed by atoms with Crippen molar-refractivity contribution in [2.75, 3.05) is 18.4 Å². The third-order valence-electron chi connectivity index (χ3n) is 5.69. The molecule has 0 unspecified atom stereocenters. The summed E-state index contributed by atoms with van der Waals surface area (Å²) in [6.07, 6.45) is 5.62. The number of nitrogens with one attached hydrogen (secondary N) is 2. The third-order valence-corrected chi connectivity index (χ3v) is 5.69. The Kier molecular flexibility index (Phi) is 3.50. The number of aromatic nitrogens is 3. The van der Waals surface area contributed by atoms with Gasteiger partial charge in [0.1, 0.15) is 17.6 Å². The number of alkyl halides is 1. The lowest BCUT2D eigenvalue weighted by atomic mass is 10.0.